The van der Waals surface area contributed by atoms with Crippen LogP contribution in [-0.4, -0.2) is 30.7 Å². The van der Waals surface area contributed by atoms with Crippen molar-refractivity contribution in [2.45, 2.75) is 24.7 Å². The molecule has 1 aliphatic heterocycles. The molecule has 0 saturated carbocycles. The van der Waals surface area contributed by atoms with Gasteiger partial charge < -0.3 is 5.32 Å². The number of para-hydroxylation sites is 1. The number of carbonyl (C=O) groups excluding carboxylic acids is 1. The van der Waals surface area contributed by atoms with E-state index in [1.54, 1.807) is 17.8 Å². The molecule has 29 heavy (non-hydrogen) atoms. The number of hydrogen-bond acceptors (Lipinski definition) is 4. The van der Waals surface area contributed by atoms with E-state index in [-0.39, 0.29) is 10.8 Å². The second-order valence-electron chi connectivity index (χ2n) is 7.08. The first-order chi connectivity index (χ1) is 13.9. The highest BCUT2D eigenvalue weighted by atomic mass is 32.2. The van der Waals surface area contributed by atoms with Crippen molar-refractivity contribution in [3.05, 3.63) is 71.4 Å². The van der Waals surface area contributed by atoms with Crippen LogP contribution in [-0.2, 0) is 23.5 Å². The average Bonchev–Trinajstić information content (AvgIpc) is 3.04. The van der Waals surface area contributed by atoms with E-state index in [0.717, 1.165) is 29.8 Å². The Balaban J connectivity index is 1.57. The average molecular weight is 410 g/mol. The molecule has 7 nitrogen and oxygen atoms in total. The van der Waals surface area contributed by atoms with Crippen LogP contribution in [0.15, 0.2) is 59.5 Å². The number of carbonyl (C=O) groups is 1. The van der Waals surface area contributed by atoms with Gasteiger partial charge in [0, 0.05) is 25.2 Å². The number of benzene rings is 2. The molecule has 0 radical (unpaired) electrons. The summed E-state index contributed by atoms with van der Waals surface area (Å²) in [6, 6.07) is 15.4. The van der Waals surface area contributed by atoms with Crippen LogP contribution in [0.4, 0.5) is 11.5 Å². The summed E-state index contributed by atoms with van der Waals surface area (Å²) in [5, 5.41) is 6.98. The van der Waals surface area contributed by atoms with Gasteiger partial charge in [0.15, 0.2) is 0 Å². The number of sulfonamides is 1. The molecule has 150 valence electrons. The minimum atomic E-state index is -3.69. The zero-order valence-electron chi connectivity index (χ0n) is 16.3. The molecule has 0 aliphatic carbocycles. The monoisotopic (exact) mass is 410 g/mol. The molecule has 0 unspecified atom stereocenters. The maximum absolute atomic E-state index is 13.2. The Morgan fingerprint density at radius 3 is 2.52 bits per heavy atom. The van der Waals surface area contributed by atoms with Gasteiger partial charge in [-0.05, 0) is 55.7 Å². The number of anilines is 2. The van der Waals surface area contributed by atoms with Crippen molar-refractivity contribution in [1.82, 2.24) is 9.78 Å². The van der Waals surface area contributed by atoms with E-state index in [9.17, 15) is 13.2 Å². The van der Waals surface area contributed by atoms with Gasteiger partial charge in [-0.1, -0.05) is 18.2 Å². The van der Waals surface area contributed by atoms with Crippen LogP contribution in [0, 0.1) is 6.92 Å². The third-order valence-electron chi connectivity index (χ3n) is 5.02. The van der Waals surface area contributed by atoms with Gasteiger partial charge in [-0.3, -0.25) is 13.8 Å². The first kappa shape index (κ1) is 19.2. The van der Waals surface area contributed by atoms with E-state index in [4.69, 9.17) is 0 Å². The van der Waals surface area contributed by atoms with Gasteiger partial charge >= 0.3 is 0 Å². The summed E-state index contributed by atoms with van der Waals surface area (Å²) in [5.74, 6) is 0.259. The van der Waals surface area contributed by atoms with Crippen molar-refractivity contribution >= 4 is 27.4 Å². The van der Waals surface area contributed by atoms with E-state index in [1.807, 2.05) is 31.2 Å². The fourth-order valence-electron chi connectivity index (χ4n) is 3.57. The summed E-state index contributed by atoms with van der Waals surface area (Å²) in [6.45, 7) is 2.29. The molecule has 0 fully saturated rings. The van der Waals surface area contributed by atoms with E-state index >= 15 is 0 Å². The van der Waals surface area contributed by atoms with Crippen LogP contribution in [0.5, 0.6) is 0 Å². The molecule has 3 aromatic rings. The third-order valence-corrected chi connectivity index (χ3v) is 6.84. The third kappa shape index (κ3) is 3.63. The van der Waals surface area contributed by atoms with Gasteiger partial charge in [0.2, 0.25) is 0 Å². The van der Waals surface area contributed by atoms with Gasteiger partial charge in [0.05, 0.1) is 16.3 Å². The Kier molecular flexibility index (Phi) is 4.87. The molecular formula is C21H22N4O3S. The van der Waals surface area contributed by atoms with Crippen LogP contribution in [0.3, 0.4) is 0 Å². The number of hydrogen-bond donors (Lipinski definition) is 1. The second kappa shape index (κ2) is 7.36. The van der Waals surface area contributed by atoms with Crippen LogP contribution in [0.1, 0.15) is 28.0 Å². The number of amides is 1. The van der Waals surface area contributed by atoms with Crippen LogP contribution < -0.4 is 9.62 Å². The Morgan fingerprint density at radius 1 is 1.10 bits per heavy atom. The fraction of sp³-hybridized carbons (Fsp3) is 0.238. The summed E-state index contributed by atoms with van der Waals surface area (Å²) >= 11 is 0. The van der Waals surface area contributed by atoms with Gasteiger partial charge in [0.25, 0.3) is 15.9 Å². The maximum atomic E-state index is 13.2. The van der Waals surface area contributed by atoms with Gasteiger partial charge in [-0.15, -0.1) is 0 Å². The van der Waals surface area contributed by atoms with Crippen LogP contribution >= 0.6 is 0 Å². The molecule has 2 aromatic carbocycles. The summed E-state index contributed by atoms with van der Waals surface area (Å²) in [7, 11) is -1.95. The molecular weight excluding hydrogens is 388 g/mol. The molecule has 0 atom stereocenters. The standard InChI is InChI=1S/C21H22N4O3S/c1-15-14-20(24(2)23-15)22-21(26)17-9-11-18(12-10-17)29(27,28)25-13-5-7-16-6-3-4-8-19(16)25/h3-4,6,8-12,14H,5,7,13H2,1-2H3,(H,22,26). The van der Waals surface area contributed by atoms with E-state index in [1.165, 1.54) is 28.6 Å². The van der Waals surface area contributed by atoms with Crippen molar-refractivity contribution in [2.75, 3.05) is 16.2 Å². The van der Waals surface area contributed by atoms with Gasteiger partial charge in [0.1, 0.15) is 5.82 Å². The lowest BCUT2D eigenvalue weighted by molar-refractivity contribution is 0.102. The van der Waals surface area contributed by atoms with E-state index in [2.05, 4.69) is 10.4 Å². The number of fused-ring (bicyclic) bond motifs is 1. The highest BCUT2D eigenvalue weighted by Crippen LogP contribution is 2.31. The summed E-state index contributed by atoms with van der Waals surface area (Å²) < 4.78 is 29.4. The molecule has 8 heteroatoms. The molecule has 4 rings (SSSR count). The smallest absolute Gasteiger partial charge is 0.264 e. The van der Waals surface area contributed by atoms with Crippen LogP contribution in [0.2, 0.25) is 0 Å². The number of rotatable bonds is 4. The molecule has 1 aliphatic rings. The number of nitrogens with zero attached hydrogens (tertiary/aromatic N) is 3. The number of aromatic nitrogens is 2. The van der Waals surface area contributed by atoms with Gasteiger partial charge in [-0.2, -0.15) is 5.10 Å². The SMILES string of the molecule is Cc1cc(NC(=O)c2ccc(S(=O)(=O)N3CCCc4ccccc43)cc2)n(C)n1. The predicted octanol–water partition coefficient (Wildman–Crippen LogP) is 3.12. The van der Waals surface area contributed by atoms with E-state index < -0.39 is 10.0 Å². The Morgan fingerprint density at radius 2 is 1.83 bits per heavy atom. The molecule has 0 spiro atoms. The lowest BCUT2D eigenvalue weighted by Gasteiger charge is -2.30. The van der Waals surface area contributed by atoms with Crippen molar-refractivity contribution in [3.8, 4) is 0 Å². The van der Waals surface area contributed by atoms with Crippen LogP contribution in [0.25, 0.3) is 0 Å². The normalized spacial score (nSPS) is 13.8. The largest absolute Gasteiger partial charge is 0.307 e. The molecule has 2 heterocycles. The Labute approximate surface area is 170 Å². The summed E-state index contributed by atoms with van der Waals surface area (Å²) in [5.41, 5.74) is 2.94. The van der Waals surface area contributed by atoms with E-state index in [0.29, 0.717) is 17.9 Å². The van der Waals surface area contributed by atoms with Crippen molar-refractivity contribution < 1.29 is 13.2 Å². The molecule has 1 aromatic heterocycles. The van der Waals surface area contributed by atoms with Crippen molar-refractivity contribution in [1.29, 1.82) is 0 Å². The minimum absolute atomic E-state index is 0.169. The fourth-order valence-corrected chi connectivity index (χ4v) is 5.11. The quantitative estimate of drug-likeness (QED) is 0.716. The zero-order chi connectivity index (χ0) is 20.6. The molecule has 1 amide bonds. The number of nitrogens with one attached hydrogen (secondary N) is 1. The lowest BCUT2D eigenvalue weighted by atomic mass is 10.0. The highest BCUT2D eigenvalue weighted by Gasteiger charge is 2.29. The highest BCUT2D eigenvalue weighted by molar-refractivity contribution is 7.92. The molecule has 1 N–H and O–H groups in total. The van der Waals surface area contributed by atoms with Crippen molar-refractivity contribution in [3.63, 3.8) is 0 Å². The predicted molar refractivity (Wildman–Crippen MR) is 112 cm³/mol. The molecule has 0 saturated heterocycles. The maximum Gasteiger partial charge on any atom is 0.264 e. The van der Waals surface area contributed by atoms with Gasteiger partial charge in [-0.25, -0.2) is 8.42 Å². The second-order valence-corrected chi connectivity index (χ2v) is 8.94. The Hall–Kier alpha value is -3.13. The first-order valence-electron chi connectivity index (χ1n) is 9.39. The number of aryl methyl sites for hydroxylation is 3. The molecule has 0 bridgehead atoms. The minimum Gasteiger partial charge on any atom is -0.307 e. The summed E-state index contributed by atoms with van der Waals surface area (Å²) in [6.07, 6.45) is 1.65. The lowest BCUT2D eigenvalue weighted by Crippen LogP contribution is -2.35. The topological polar surface area (TPSA) is 84.3 Å². The first-order valence-corrected chi connectivity index (χ1v) is 10.8. The summed E-state index contributed by atoms with van der Waals surface area (Å²) in [4.78, 5) is 12.7. The van der Waals surface area contributed by atoms with Crippen molar-refractivity contribution in [2.24, 2.45) is 7.05 Å². The Bertz CT molecular complexity index is 1170. The zero-order valence-corrected chi connectivity index (χ0v) is 17.1.